The van der Waals surface area contributed by atoms with Gasteiger partial charge in [0.25, 0.3) is 0 Å². The minimum atomic E-state index is 0.523. The molecule has 8 heteroatoms. The lowest BCUT2D eigenvalue weighted by atomic mass is 10.1. The number of aryl methyl sites for hydroxylation is 2. The number of methoxy groups -OCH3 is 1. The number of hydrogen-bond acceptors (Lipinski definition) is 6. The second-order valence-electron chi connectivity index (χ2n) is 8.31. The number of benzene rings is 3. The normalized spacial score (nSPS) is 11.1. The molecular formula is C27H26N6OS. The van der Waals surface area contributed by atoms with Crippen molar-refractivity contribution >= 4 is 11.8 Å². The van der Waals surface area contributed by atoms with E-state index >= 15 is 0 Å². The van der Waals surface area contributed by atoms with Crippen LogP contribution in [0.4, 0.5) is 0 Å². The van der Waals surface area contributed by atoms with E-state index in [2.05, 4.69) is 71.7 Å². The standard InChI is InChI=1S/C27H26N6OS/c1-19-9-12-23(15-20(19)2)33-27(35-18-22-7-5-4-6-8-22)25(16-28-33)26-29-31-32(30-26)17-21-10-13-24(34-3)14-11-21/h4-16H,17-18H2,1-3H3. The minimum absolute atomic E-state index is 0.523. The fraction of sp³-hybridized carbons (Fsp3) is 0.185. The van der Waals surface area contributed by atoms with E-state index in [1.165, 1.54) is 16.7 Å². The third-order valence-corrected chi connectivity index (χ3v) is 7.00. The van der Waals surface area contributed by atoms with Crippen molar-refractivity contribution in [1.29, 1.82) is 0 Å². The van der Waals surface area contributed by atoms with Crippen LogP contribution in [0.5, 0.6) is 5.75 Å². The predicted octanol–water partition coefficient (Wildman–Crippen LogP) is 5.49. The molecule has 0 aliphatic carbocycles. The van der Waals surface area contributed by atoms with E-state index in [1.807, 2.05) is 41.2 Å². The molecule has 0 amide bonds. The van der Waals surface area contributed by atoms with Crippen LogP contribution in [0.1, 0.15) is 22.3 Å². The summed E-state index contributed by atoms with van der Waals surface area (Å²) in [7, 11) is 1.66. The Bertz CT molecular complexity index is 1430. The number of aromatic nitrogens is 6. The highest BCUT2D eigenvalue weighted by Gasteiger charge is 2.19. The van der Waals surface area contributed by atoms with Gasteiger partial charge in [-0.25, -0.2) is 4.68 Å². The SMILES string of the molecule is COc1ccc(Cn2nnc(-c3cnn(-c4ccc(C)c(C)c4)c3SCc3ccccc3)n2)cc1. The summed E-state index contributed by atoms with van der Waals surface area (Å²) in [6, 6.07) is 24.7. The first-order valence-electron chi connectivity index (χ1n) is 11.3. The van der Waals surface area contributed by atoms with E-state index in [4.69, 9.17) is 9.84 Å². The van der Waals surface area contributed by atoms with Gasteiger partial charge in [-0.3, -0.25) is 0 Å². The van der Waals surface area contributed by atoms with Crippen molar-refractivity contribution in [3.8, 4) is 22.8 Å². The molecule has 0 radical (unpaired) electrons. The number of tetrazole rings is 1. The summed E-state index contributed by atoms with van der Waals surface area (Å²) in [6.07, 6.45) is 1.83. The molecule has 0 bridgehead atoms. The molecule has 0 aliphatic heterocycles. The zero-order valence-corrected chi connectivity index (χ0v) is 20.7. The Morgan fingerprint density at radius 1 is 0.886 bits per heavy atom. The van der Waals surface area contributed by atoms with Crippen molar-refractivity contribution in [1.82, 2.24) is 30.0 Å². The lowest BCUT2D eigenvalue weighted by Gasteiger charge is -2.10. The van der Waals surface area contributed by atoms with Crippen molar-refractivity contribution < 1.29 is 4.74 Å². The fourth-order valence-corrected chi connectivity index (χ4v) is 4.78. The molecule has 0 saturated carbocycles. The largest absolute Gasteiger partial charge is 0.497 e. The third-order valence-electron chi connectivity index (χ3n) is 5.86. The highest BCUT2D eigenvalue weighted by molar-refractivity contribution is 7.98. The van der Waals surface area contributed by atoms with E-state index in [-0.39, 0.29) is 0 Å². The minimum Gasteiger partial charge on any atom is -0.497 e. The predicted molar refractivity (Wildman–Crippen MR) is 138 cm³/mol. The number of ether oxygens (including phenoxy) is 1. The van der Waals surface area contributed by atoms with Crippen LogP contribution < -0.4 is 4.74 Å². The van der Waals surface area contributed by atoms with Crippen LogP contribution in [-0.2, 0) is 12.3 Å². The highest BCUT2D eigenvalue weighted by atomic mass is 32.2. The molecule has 0 fully saturated rings. The Labute approximate surface area is 208 Å². The van der Waals surface area contributed by atoms with Crippen LogP contribution in [-0.4, -0.2) is 37.1 Å². The monoisotopic (exact) mass is 482 g/mol. The van der Waals surface area contributed by atoms with Gasteiger partial charge in [-0.05, 0) is 65.6 Å². The van der Waals surface area contributed by atoms with E-state index in [1.54, 1.807) is 23.7 Å². The lowest BCUT2D eigenvalue weighted by molar-refractivity contribution is 0.414. The van der Waals surface area contributed by atoms with Crippen LogP contribution >= 0.6 is 11.8 Å². The summed E-state index contributed by atoms with van der Waals surface area (Å²) in [5.74, 6) is 2.19. The van der Waals surface area contributed by atoms with Gasteiger partial charge in [-0.1, -0.05) is 48.5 Å². The van der Waals surface area contributed by atoms with Crippen molar-refractivity contribution in [2.75, 3.05) is 7.11 Å². The third kappa shape index (κ3) is 5.12. The van der Waals surface area contributed by atoms with Crippen LogP contribution in [0.25, 0.3) is 17.1 Å². The molecule has 0 saturated heterocycles. The molecule has 0 unspecified atom stereocenters. The summed E-state index contributed by atoms with van der Waals surface area (Å²) < 4.78 is 7.21. The number of rotatable bonds is 8. The van der Waals surface area contributed by atoms with E-state index < -0.39 is 0 Å². The molecule has 176 valence electrons. The summed E-state index contributed by atoms with van der Waals surface area (Å²) in [6.45, 7) is 4.75. The summed E-state index contributed by atoms with van der Waals surface area (Å²) in [4.78, 5) is 1.61. The molecule has 2 heterocycles. The second-order valence-corrected chi connectivity index (χ2v) is 9.27. The Hall–Kier alpha value is -3.91. The molecule has 3 aromatic carbocycles. The van der Waals surface area contributed by atoms with Crippen molar-refractivity contribution in [3.05, 3.63) is 101 Å². The maximum atomic E-state index is 5.24. The average molecular weight is 483 g/mol. The molecule has 0 aliphatic rings. The van der Waals surface area contributed by atoms with Crippen molar-refractivity contribution in [2.24, 2.45) is 0 Å². The zero-order valence-electron chi connectivity index (χ0n) is 19.9. The molecule has 0 N–H and O–H groups in total. The van der Waals surface area contributed by atoms with Gasteiger partial charge in [0, 0.05) is 5.75 Å². The molecule has 0 spiro atoms. The quantitative estimate of drug-likeness (QED) is 0.272. The second kappa shape index (κ2) is 10.1. The van der Waals surface area contributed by atoms with Gasteiger partial charge >= 0.3 is 0 Å². The van der Waals surface area contributed by atoms with Gasteiger partial charge in [0.1, 0.15) is 10.8 Å². The van der Waals surface area contributed by atoms with Gasteiger partial charge in [0.2, 0.25) is 5.82 Å². The van der Waals surface area contributed by atoms with E-state index in [0.29, 0.717) is 12.4 Å². The van der Waals surface area contributed by atoms with Crippen molar-refractivity contribution in [3.63, 3.8) is 0 Å². The summed E-state index contributed by atoms with van der Waals surface area (Å²) in [5, 5.41) is 19.0. The van der Waals surface area contributed by atoms with Crippen LogP contribution in [0.2, 0.25) is 0 Å². The molecule has 5 aromatic rings. The van der Waals surface area contributed by atoms with E-state index in [0.717, 1.165) is 33.3 Å². The van der Waals surface area contributed by atoms with E-state index in [9.17, 15) is 0 Å². The summed E-state index contributed by atoms with van der Waals surface area (Å²) >= 11 is 1.72. The first-order valence-corrected chi connectivity index (χ1v) is 12.3. The maximum Gasteiger partial charge on any atom is 0.209 e. The topological polar surface area (TPSA) is 70.7 Å². The molecule has 2 aromatic heterocycles. The van der Waals surface area contributed by atoms with Gasteiger partial charge in [0.05, 0.1) is 31.1 Å². The highest BCUT2D eigenvalue weighted by Crippen LogP contribution is 2.34. The van der Waals surface area contributed by atoms with Gasteiger partial charge in [-0.2, -0.15) is 9.90 Å². The zero-order chi connectivity index (χ0) is 24.2. The number of nitrogens with zero attached hydrogens (tertiary/aromatic N) is 6. The van der Waals surface area contributed by atoms with Crippen molar-refractivity contribution in [2.45, 2.75) is 31.2 Å². The Kier molecular flexibility index (Phi) is 6.63. The summed E-state index contributed by atoms with van der Waals surface area (Å²) in [5.41, 5.74) is 6.67. The van der Waals surface area contributed by atoms with Gasteiger partial charge in [0.15, 0.2) is 0 Å². The Morgan fingerprint density at radius 2 is 1.69 bits per heavy atom. The van der Waals surface area contributed by atoms with Crippen LogP contribution in [0.15, 0.2) is 84.0 Å². The maximum absolute atomic E-state index is 5.24. The molecule has 5 rings (SSSR count). The van der Waals surface area contributed by atoms with Gasteiger partial charge < -0.3 is 4.74 Å². The Morgan fingerprint density at radius 3 is 2.43 bits per heavy atom. The fourth-order valence-electron chi connectivity index (χ4n) is 3.71. The first kappa shape index (κ1) is 22.9. The Balaban J connectivity index is 1.47. The van der Waals surface area contributed by atoms with Gasteiger partial charge in [-0.15, -0.1) is 22.0 Å². The number of hydrogen-bond donors (Lipinski definition) is 0. The number of thioether (sulfide) groups is 1. The molecule has 35 heavy (non-hydrogen) atoms. The average Bonchev–Trinajstić information content (AvgIpc) is 3.52. The molecular weight excluding hydrogens is 456 g/mol. The van der Waals surface area contributed by atoms with Crippen LogP contribution in [0, 0.1) is 13.8 Å². The first-order chi connectivity index (χ1) is 17.1. The smallest absolute Gasteiger partial charge is 0.209 e. The lowest BCUT2D eigenvalue weighted by Crippen LogP contribution is -2.04. The van der Waals surface area contributed by atoms with Crippen LogP contribution in [0.3, 0.4) is 0 Å². The molecule has 7 nitrogen and oxygen atoms in total. The molecule has 0 atom stereocenters.